The number of carbonyl (C=O) groups is 1. The van der Waals surface area contributed by atoms with Crippen molar-refractivity contribution in [3.05, 3.63) is 29.8 Å². The van der Waals surface area contributed by atoms with Gasteiger partial charge in [-0.1, -0.05) is 18.2 Å². The van der Waals surface area contributed by atoms with Crippen molar-refractivity contribution in [3.63, 3.8) is 0 Å². The summed E-state index contributed by atoms with van der Waals surface area (Å²) < 4.78 is 35.9. The van der Waals surface area contributed by atoms with Gasteiger partial charge in [0, 0.05) is 5.69 Å². The number of alkyl halides is 3. The largest absolute Gasteiger partial charge is 0.398 e. The molecular weight excluding hydrogens is 233 g/mol. The van der Waals surface area contributed by atoms with Gasteiger partial charge in [-0.2, -0.15) is 13.2 Å². The molecule has 17 heavy (non-hydrogen) atoms. The van der Waals surface area contributed by atoms with E-state index in [1.54, 1.807) is 31.2 Å². The molecule has 94 valence electrons. The standard InChI is InChI=1S/C11H13F3N2O/c1-7(8-4-2-3-5-9(8)15)16-10(17)6-11(12,13)14/h2-5,7H,6,15H2,1H3,(H,16,17). The van der Waals surface area contributed by atoms with Crippen molar-refractivity contribution in [2.24, 2.45) is 0 Å². The number of benzene rings is 1. The topological polar surface area (TPSA) is 55.1 Å². The molecule has 1 unspecified atom stereocenters. The van der Waals surface area contributed by atoms with Gasteiger partial charge in [-0.3, -0.25) is 4.79 Å². The molecule has 0 aliphatic heterocycles. The summed E-state index contributed by atoms with van der Waals surface area (Å²) in [5.74, 6) is -1.06. The molecular formula is C11H13F3N2O. The Morgan fingerprint density at radius 3 is 2.53 bits per heavy atom. The second-order valence-corrected chi connectivity index (χ2v) is 3.71. The quantitative estimate of drug-likeness (QED) is 0.804. The molecule has 0 aliphatic rings. The maximum atomic E-state index is 12.0. The van der Waals surface area contributed by atoms with Crippen molar-refractivity contribution in [3.8, 4) is 0 Å². The predicted molar refractivity (Wildman–Crippen MR) is 58.1 cm³/mol. The highest BCUT2D eigenvalue weighted by Gasteiger charge is 2.31. The van der Waals surface area contributed by atoms with Crippen LogP contribution in [-0.4, -0.2) is 12.1 Å². The number of nitrogens with one attached hydrogen (secondary N) is 1. The SMILES string of the molecule is CC(NC(=O)CC(F)(F)F)c1ccccc1N. The van der Waals surface area contributed by atoms with Crippen molar-refractivity contribution in [2.75, 3.05) is 5.73 Å². The number of amides is 1. The number of nitrogen functional groups attached to an aromatic ring is 1. The van der Waals surface area contributed by atoms with Gasteiger partial charge in [0.2, 0.25) is 5.91 Å². The molecule has 0 saturated carbocycles. The zero-order valence-corrected chi connectivity index (χ0v) is 9.21. The van der Waals surface area contributed by atoms with Crippen molar-refractivity contribution >= 4 is 11.6 Å². The summed E-state index contributed by atoms with van der Waals surface area (Å²) in [6.45, 7) is 1.58. The zero-order chi connectivity index (χ0) is 13.1. The minimum Gasteiger partial charge on any atom is -0.398 e. The lowest BCUT2D eigenvalue weighted by Crippen LogP contribution is -2.31. The van der Waals surface area contributed by atoms with Crippen LogP contribution in [0.25, 0.3) is 0 Å². The molecule has 1 aromatic carbocycles. The summed E-state index contributed by atoms with van der Waals surface area (Å²) >= 11 is 0. The molecule has 0 saturated heterocycles. The number of hydrogen-bond donors (Lipinski definition) is 2. The zero-order valence-electron chi connectivity index (χ0n) is 9.21. The molecule has 3 N–H and O–H groups in total. The first-order valence-electron chi connectivity index (χ1n) is 5.00. The van der Waals surface area contributed by atoms with Crippen LogP contribution in [0.5, 0.6) is 0 Å². The smallest absolute Gasteiger partial charge is 0.397 e. The molecule has 6 heteroatoms. The first-order valence-corrected chi connectivity index (χ1v) is 5.00. The van der Waals surface area contributed by atoms with Gasteiger partial charge >= 0.3 is 6.18 Å². The van der Waals surface area contributed by atoms with Gasteiger partial charge < -0.3 is 11.1 Å². The third kappa shape index (κ3) is 4.34. The van der Waals surface area contributed by atoms with Gasteiger partial charge in [0.05, 0.1) is 6.04 Å². The van der Waals surface area contributed by atoms with Crippen LogP contribution in [-0.2, 0) is 4.79 Å². The fourth-order valence-corrected chi connectivity index (χ4v) is 1.46. The molecule has 0 aliphatic carbocycles. The summed E-state index contributed by atoms with van der Waals surface area (Å²) in [5.41, 5.74) is 6.69. The van der Waals surface area contributed by atoms with E-state index in [1.807, 2.05) is 0 Å². The fourth-order valence-electron chi connectivity index (χ4n) is 1.46. The Labute approximate surface area is 96.8 Å². The third-order valence-corrected chi connectivity index (χ3v) is 2.20. The van der Waals surface area contributed by atoms with Crippen molar-refractivity contribution in [2.45, 2.75) is 25.6 Å². The van der Waals surface area contributed by atoms with Gasteiger partial charge in [0.25, 0.3) is 0 Å². The van der Waals surface area contributed by atoms with Gasteiger partial charge in [-0.25, -0.2) is 0 Å². The highest BCUT2D eigenvalue weighted by molar-refractivity contribution is 5.77. The number of anilines is 1. The Hall–Kier alpha value is -1.72. The first kappa shape index (κ1) is 13.3. The lowest BCUT2D eigenvalue weighted by atomic mass is 10.1. The maximum Gasteiger partial charge on any atom is 0.397 e. The van der Waals surface area contributed by atoms with Crippen LogP contribution in [0.2, 0.25) is 0 Å². The van der Waals surface area contributed by atoms with Crippen LogP contribution in [0.1, 0.15) is 24.9 Å². The molecule has 1 atom stereocenters. The normalized spacial score (nSPS) is 13.2. The van der Waals surface area contributed by atoms with E-state index in [0.29, 0.717) is 11.3 Å². The highest BCUT2D eigenvalue weighted by atomic mass is 19.4. The number of para-hydroxylation sites is 1. The number of rotatable bonds is 3. The molecule has 0 aromatic heterocycles. The fraction of sp³-hybridized carbons (Fsp3) is 0.364. The second kappa shape index (κ2) is 5.07. The summed E-state index contributed by atoms with van der Waals surface area (Å²) in [7, 11) is 0. The van der Waals surface area contributed by atoms with Crippen LogP contribution in [0.15, 0.2) is 24.3 Å². The van der Waals surface area contributed by atoms with Crippen LogP contribution >= 0.6 is 0 Å². The third-order valence-electron chi connectivity index (χ3n) is 2.20. The van der Waals surface area contributed by atoms with E-state index in [9.17, 15) is 18.0 Å². The average molecular weight is 246 g/mol. The van der Waals surface area contributed by atoms with Crippen LogP contribution < -0.4 is 11.1 Å². The van der Waals surface area contributed by atoms with E-state index >= 15 is 0 Å². The van der Waals surface area contributed by atoms with E-state index in [2.05, 4.69) is 5.32 Å². The molecule has 3 nitrogen and oxygen atoms in total. The molecule has 1 rings (SSSR count). The molecule has 0 bridgehead atoms. The molecule has 0 fully saturated rings. The minimum absolute atomic E-state index is 0.437. The van der Waals surface area contributed by atoms with Crippen molar-refractivity contribution in [1.82, 2.24) is 5.32 Å². The summed E-state index contributed by atoms with van der Waals surface area (Å²) in [4.78, 5) is 11.1. The molecule has 0 radical (unpaired) electrons. The minimum atomic E-state index is -4.49. The lowest BCUT2D eigenvalue weighted by Gasteiger charge is -2.16. The monoisotopic (exact) mass is 246 g/mol. The van der Waals surface area contributed by atoms with Gasteiger partial charge in [0.15, 0.2) is 0 Å². The Bertz CT molecular complexity index is 404. The van der Waals surface area contributed by atoms with Crippen molar-refractivity contribution < 1.29 is 18.0 Å². The number of nitrogens with two attached hydrogens (primary N) is 1. The van der Waals surface area contributed by atoms with Crippen molar-refractivity contribution in [1.29, 1.82) is 0 Å². The van der Waals surface area contributed by atoms with Crippen LogP contribution in [0.3, 0.4) is 0 Å². The van der Waals surface area contributed by atoms with E-state index in [0.717, 1.165) is 0 Å². The summed E-state index contributed by atoms with van der Waals surface area (Å²) in [6.07, 6.45) is -5.98. The summed E-state index contributed by atoms with van der Waals surface area (Å²) in [5, 5.41) is 2.25. The van der Waals surface area contributed by atoms with Crippen LogP contribution in [0, 0.1) is 0 Å². The van der Waals surface area contributed by atoms with Gasteiger partial charge in [0.1, 0.15) is 6.42 Å². The summed E-state index contributed by atoms with van der Waals surface area (Å²) in [6, 6.07) is 6.16. The second-order valence-electron chi connectivity index (χ2n) is 3.71. The van der Waals surface area contributed by atoms with Gasteiger partial charge in [-0.15, -0.1) is 0 Å². The average Bonchev–Trinajstić information content (AvgIpc) is 2.14. The lowest BCUT2D eigenvalue weighted by molar-refractivity contribution is -0.154. The Morgan fingerprint density at radius 2 is 2.00 bits per heavy atom. The molecule has 0 heterocycles. The number of carbonyl (C=O) groups excluding carboxylic acids is 1. The maximum absolute atomic E-state index is 12.0. The Kier molecular flexibility index (Phi) is 3.98. The van der Waals surface area contributed by atoms with E-state index in [4.69, 9.17) is 5.73 Å². The predicted octanol–water partition coefficient (Wildman–Crippen LogP) is 2.40. The van der Waals surface area contributed by atoms with Gasteiger partial charge in [-0.05, 0) is 18.6 Å². The molecule has 0 spiro atoms. The van der Waals surface area contributed by atoms with E-state index in [-0.39, 0.29) is 0 Å². The number of hydrogen-bond acceptors (Lipinski definition) is 2. The molecule has 1 amide bonds. The Morgan fingerprint density at radius 1 is 1.41 bits per heavy atom. The molecule has 1 aromatic rings. The Balaban J connectivity index is 2.64. The van der Waals surface area contributed by atoms with E-state index in [1.165, 1.54) is 0 Å². The van der Waals surface area contributed by atoms with Crippen LogP contribution in [0.4, 0.5) is 18.9 Å². The highest BCUT2D eigenvalue weighted by Crippen LogP contribution is 2.22. The van der Waals surface area contributed by atoms with E-state index < -0.39 is 24.5 Å². The first-order chi connectivity index (χ1) is 7.79. The number of halogens is 3.